The second kappa shape index (κ2) is 4.51. The van der Waals surface area contributed by atoms with E-state index in [-0.39, 0.29) is 6.54 Å². The molecule has 6 nitrogen and oxygen atoms in total. The van der Waals surface area contributed by atoms with E-state index >= 15 is 0 Å². The third-order valence-electron chi connectivity index (χ3n) is 0.702. The molecule has 0 unspecified atom stereocenters. The van der Waals surface area contributed by atoms with E-state index in [1.807, 2.05) is 0 Å². The quantitative estimate of drug-likeness (QED) is 0.405. The molecule has 0 N–H and O–H groups in total. The van der Waals surface area contributed by atoms with E-state index in [2.05, 4.69) is 9.39 Å². The number of rotatable bonds is 4. The van der Waals surface area contributed by atoms with Gasteiger partial charge < -0.3 is 0 Å². The smallest absolute Gasteiger partial charge is 0.211 e. The summed E-state index contributed by atoms with van der Waals surface area (Å²) < 4.78 is 23.5. The highest BCUT2D eigenvalue weighted by Gasteiger charge is 2.05. The fraction of sp³-hybridized carbons (Fsp3) is 0.500. The summed E-state index contributed by atoms with van der Waals surface area (Å²) in [7, 11) is -3.78. The summed E-state index contributed by atoms with van der Waals surface area (Å²) in [5.41, 5.74) is 0. The number of isocyanates is 2. The number of hydrogen-bond acceptors (Lipinski definition) is 5. The Morgan fingerprint density at radius 1 is 1.18 bits per heavy atom. The highest BCUT2D eigenvalue weighted by Crippen LogP contribution is 1.88. The first-order chi connectivity index (χ1) is 5.12. The average Bonchev–Trinajstić information content (AvgIpc) is 1.87. The highest BCUT2D eigenvalue weighted by atomic mass is 32.2. The number of sulfonamides is 1. The number of aliphatic imine (C=N–C) groups is 1. The number of nitrogens with zero attached hydrogens (tertiary/aromatic N) is 2. The van der Waals surface area contributed by atoms with E-state index in [1.54, 1.807) is 0 Å². The number of carbonyl (C=O) groups excluding carboxylic acids is 2. The van der Waals surface area contributed by atoms with Gasteiger partial charge in [-0.25, -0.2) is 23.0 Å². The maximum Gasteiger partial charge on any atom is 0.265 e. The summed E-state index contributed by atoms with van der Waals surface area (Å²) in [6.07, 6.45) is 2.03. The summed E-state index contributed by atoms with van der Waals surface area (Å²) in [5, 5.41) is 0. The summed E-state index contributed by atoms with van der Waals surface area (Å²) in [6.45, 7) is -0.239. The summed E-state index contributed by atoms with van der Waals surface area (Å²) >= 11 is 0. The molecule has 0 atom stereocenters. The Hall–Kier alpha value is -1.29. The van der Waals surface area contributed by atoms with Crippen LogP contribution in [0.15, 0.2) is 9.39 Å². The van der Waals surface area contributed by atoms with Crippen molar-refractivity contribution in [3.05, 3.63) is 0 Å². The van der Waals surface area contributed by atoms with Crippen LogP contribution in [0.25, 0.3) is 0 Å². The van der Waals surface area contributed by atoms with Gasteiger partial charge in [0, 0.05) is 0 Å². The molecular formula is C4H4N2O4S. The molecule has 0 rings (SSSR count). The van der Waals surface area contributed by atoms with Crippen LogP contribution in [0.2, 0.25) is 0 Å². The Kier molecular flexibility index (Phi) is 3.98. The Morgan fingerprint density at radius 2 is 1.82 bits per heavy atom. The van der Waals surface area contributed by atoms with E-state index in [4.69, 9.17) is 0 Å². The predicted octanol–water partition coefficient (Wildman–Crippen LogP) is -1.01. The Bertz CT molecular complexity index is 307. The molecule has 0 aliphatic carbocycles. The molecule has 0 aromatic carbocycles. The summed E-state index contributed by atoms with van der Waals surface area (Å²) in [5.74, 6) is -0.475. The SMILES string of the molecule is O=C=NCCS(=O)(=O)N=C=O. The largest absolute Gasteiger partial charge is 0.265 e. The molecule has 7 heteroatoms. The number of hydrogen-bond donors (Lipinski definition) is 0. The van der Waals surface area contributed by atoms with Crippen LogP contribution in [0.5, 0.6) is 0 Å². The molecule has 0 aromatic rings. The zero-order valence-corrected chi connectivity index (χ0v) is 6.17. The van der Waals surface area contributed by atoms with Gasteiger partial charge in [-0.15, -0.1) is 0 Å². The second-order valence-electron chi connectivity index (χ2n) is 1.44. The standard InChI is InChI=1S/C4H4N2O4S/c7-3-5-1-2-11(9,10)6-4-8/h1-2H2. The highest BCUT2D eigenvalue weighted by molar-refractivity contribution is 7.90. The van der Waals surface area contributed by atoms with E-state index in [0.29, 0.717) is 0 Å². The van der Waals surface area contributed by atoms with Gasteiger partial charge in [-0.05, 0) is 0 Å². The van der Waals surface area contributed by atoms with E-state index in [1.165, 1.54) is 0 Å². The van der Waals surface area contributed by atoms with Crippen LogP contribution < -0.4 is 0 Å². The molecule has 0 aliphatic rings. The molecule has 0 heterocycles. The molecule has 0 aliphatic heterocycles. The van der Waals surface area contributed by atoms with Crippen LogP contribution in [-0.4, -0.2) is 32.9 Å². The van der Waals surface area contributed by atoms with E-state index in [0.717, 1.165) is 12.2 Å². The molecule has 0 saturated heterocycles. The lowest BCUT2D eigenvalue weighted by Gasteiger charge is -1.87. The first kappa shape index (κ1) is 9.71. The Labute approximate surface area is 62.7 Å². The van der Waals surface area contributed by atoms with Crippen LogP contribution in [0.3, 0.4) is 0 Å². The third-order valence-corrected chi connectivity index (χ3v) is 1.75. The van der Waals surface area contributed by atoms with Gasteiger partial charge in [-0.1, -0.05) is 4.40 Å². The van der Waals surface area contributed by atoms with Crippen LogP contribution >= 0.6 is 0 Å². The van der Waals surface area contributed by atoms with Gasteiger partial charge in [-0.2, -0.15) is 0 Å². The first-order valence-corrected chi connectivity index (χ1v) is 4.09. The molecule has 0 bridgehead atoms. The van der Waals surface area contributed by atoms with Crippen LogP contribution in [0, 0.1) is 0 Å². The fourth-order valence-electron chi connectivity index (χ4n) is 0.309. The zero-order chi connectivity index (χ0) is 8.74. The Morgan fingerprint density at radius 3 is 2.27 bits per heavy atom. The fourth-order valence-corrected chi connectivity index (χ4v) is 0.836. The van der Waals surface area contributed by atoms with Crippen molar-refractivity contribution in [3.8, 4) is 0 Å². The van der Waals surface area contributed by atoms with Crippen molar-refractivity contribution in [2.24, 2.45) is 9.39 Å². The predicted molar refractivity (Wildman–Crippen MR) is 34.9 cm³/mol. The lowest BCUT2D eigenvalue weighted by Crippen LogP contribution is -2.04. The van der Waals surface area contributed by atoms with Gasteiger partial charge >= 0.3 is 0 Å². The van der Waals surface area contributed by atoms with E-state index < -0.39 is 15.8 Å². The van der Waals surface area contributed by atoms with Gasteiger partial charge in [0.05, 0.1) is 12.3 Å². The van der Waals surface area contributed by atoms with Crippen molar-refractivity contribution in [3.63, 3.8) is 0 Å². The second-order valence-corrected chi connectivity index (χ2v) is 3.20. The lowest BCUT2D eigenvalue weighted by molar-refractivity contribution is 0.563. The molecule has 60 valence electrons. The van der Waals surface area contributed by atoms with Gasteiger partial charge in [-0.3, -0.25) is 0 Å². The molecule has 0 aromatic heterocycles. The minimum Gasteiger partial charge on any atom is -0.211 e. The van der Waals surface area contributed by atoms with Crippen molar-refractivity contribution in [1.29, 1.82) is 0 Å². The van der Waals surface area contributed by atoms with Crippen LogP contribution in [0.4, 0.5) is 0 Å². The van der Waals surface area contributed by atoms with Crippen molar-refractivity contribution in [1.82, 2.24) is 0 Å². The molecule has 11 heavy (non-hydrogen) atoms. The zero-order valence-electron chi connectivity index (χ0n) is 5.35. The summed E-state index contributed by atoms with van der Waals surface area (Å²) in [4.78, 5) is 21.9. The molecule has 0 saturated carbocycles. The van der Waals surface area contributed by atoms with E-state index in [9.17, 15) is 18.0 Å². The minimum absolute atomic E-state index is 0.239. The lowest BCUT2D eigenvalue weighted by atomic mass is 10.8. The average molecular weight is 176 g/mol. The van der Waals surface area contributed by atoms with Gasteiger partial charge in [0.2, 0.25) is 6.08 Å². The molecule has 0 amide bonds. The molecule has 0 radical (unpaired) electrons. The van der Waals surface area contributed by atoms with Gasteiger partial charge in [0.15, 0.2) is 0 Å². The molecular weight excluding hydrogens is 172 g/mol. The van der Waals surface area contributed by atoms with Crippen LogP contribution in [0.1, 0.15) is 0 Å². The normalized spacial score (nSPS) is 9.45. The minimum atomic E-state index is -3.78. The first-order valence-electron chi connectivity index (χ1n) is 2.48. The van der Waals surface area contributed by atoms with Crippen molar-refractivity contribution in [2.45, 2.75) is 0 Å². The third kappa shape index (κ3) is 5.17. The topological polar surface area (TPSA) is 93.0 Å². The maximum atomic E-state index is 10.5. The maximum absolute atomic E-state index is 10.5. The van der Waals surface area contributed by atoms with Gasteiger partial charge in [0.25, 0.3) is 16.1 Å². The van der Waals surface area contributed by atoms with Crippen molar-refractivity contribution in [2.75, 3.05) is 12.3 Å². The van der Waals surface area contributed by atoms with Gasteiger partial charge in [0.1, 0.15) is 0 Å². The van der Waals surface area contributed by atoms with Crippen molar-refractivity contribution < 1.29 is 18.0 Å². The summed E-state index contributed by atoms with van der Waals surface area (Å²) in [6, 6.07) is 0. The molecule has 0 spiro atoms. The van der Waals surface area contributed by atoms with Crippen molar-refractivity contribution >= 4 is 22.2 Å². The van der Waals surface area contributed by atoms with Crippen LogP contribution in [-0.2, 0) is 19.6 Å². The monoisotopic (exact) mass is 176 g/mol. The molecule has 0 fully saturated rings. The Balaban J connectivity index is 4.15.